The van der Waals surface area contributed by atoms with Crippen LogP contribution in [0.1, 0.15) is 51.4 Å². The van der Waals surface area contributed by atoms with E-state index >= 15 is 0 Å². The predicted molar refractivity (Wildman–Crippen MR) is 78.8 cm³/mol. The lowest BCUT2D eigenvalue weighted by Crippen LogP contribution is -2.71. The topological polar surface area (TPSA) is 21.7 Å². The minimum Gasteiger partial charge on any atom is -0.381 e. The molecule has 3 heteroatoms. The van der Waals surface area contributed by atoms with Crippen LogP contribution in [0.4, 0.5) is 0 Å². The third-order valence-corrected chi connectivity index (χ3v) is 6.31. The van der Waals surface area contributed by atoms with Gasteiger partial charge in [0.25, 0.3) is 0 Å². The molecule has 20 heavy (non-hydrogen) atoms. The highest BCUT2D eigenvalue weighted by Gasteiger charge is 2.58. The zero-order valence-corrected chi connectivity index (χ0v) is 12.7. The van der Waals surface area contributed by atoms with E-state index in [0.717, 1.165) is 31.8 Å². The van der Waals surface area contributed by atoms with E-state index in [1.807, 2.05) is 0 Å². The lowest BCUT2D eigenvalue weighted by atomic mass is 9.54. The quantitative estimate of drug-likeness (QED) is 0.793. The van der Waals surface area contributed by atoms with E-state index in [2.05, 4.69) is 4.90 Å². The molecule has 1 aliphatic carbocycles. The van der Waals surface area contributed by atoms with Gasteiger partial charge in [0.2, 0.25) is 0 Å². The maximum Gasteiger partial charge on any atom is 0.0702 e. The smallest absolute Gasteiger partial charge is 0.0702 e. The Morgan fingerprint density at radius 3 is 2.45 bits per heavy atom. The highest BCUT2D eigenvalue weighted by molar-refractivity contribution is 5.11. The van der Waals surface area contributed by atoms with E-state index in [4.69, 9.17) is 9.47 Å². The van der Waals surface area contributed by atoms with Crippen molar-refractivity contribution in [2.24, 2.45) is 11.3 Å². The van der Waals surface area contributed by atoms with Crippen LogP contribution in [-0.2, 0) is 9.47 Å². The summed E-state index contributed by atoms with van der Waals surface area (Å²) in [5, 5.41) is 0. The van der Waals surface area contributed by atoms with Crippen molar-refractivity contribution in [1.82, 2.24) is 4.90 Å². The predicted octanol–water partition coefficient (Wildman–Crippen LogP) is 2.84. The molecule has 0 aromatic carbocycles. The second-order valence-corrected chi connectivity index (χ2v) is 7.53. The Labute approximate surface area is 123 Å². The van der Waals surface area contributed by atoms with Gasteiger partial charge in [0.15, 0.2) is 0 Å². The van der Waals surface area contributed by atoms with Crippen LogP contribution in [0.15, 0.2) is 0 Å². The third kappa shape index (κ3) is 2.32. The Balaban J connectivity index is 1.40. The maximum atomic E-state index is 5.97. The molecule has 4 rings (SSSR count). The molecule has 4 aliphatic rings. The number of rotatable bonds is 3. The van der Waals surface area contributed by atoms with Gasteiger partial charge >= 0.3 is 0 Å². The number of hydrogen-bond acceptors (Lipinski definition) is 3. The minimum atomic E-state index is 0.517. The van der Waals surface area contributed by atoms with E-state index in [1.54, 1.807) is 0 Å². The summed E-state index contributed by atoms with van der Waals surface area (Å²) in [6.45, 7) is 5.53. The van der Waals surface area contributed by atoms with Crippen molar-refractivity contribution in [3.05, 3.63) is 0 Å². The summed E-state index contributed by atoms with van der Waals surface area (Å²) in [5.41, 5.74) is 0.705. The molecule has 3 heterocycles. The highest BCUT2D eigenvalue weighted by Crippen LogP contribution is 2.56. The van der Waals surface area contributed by atoms with E-state index in [0.29, 0.717) is 11.5 Å². The van der Waals surface area contributed by atoms with Crippen molar-refractivity contribution in [3.8, 4) is 0 Å². The third-order valence-electron chi connectivity index (χ3n) is 6.31. The van der Waals surface area contributed by atoms with Gasteiger partial charge in [-0.2, -0.15) is 0 Å². The number of nitrogens with zero attached hydrogens (tertiary/aromatic N) is 1. The molecule has 4 fully saturated rings. The summed E-state index contributed by atoms with van der Waals surface area (Å²) < 4.78 is 11.6. The molecule has 1 saturated carbocycles. The van der Waals surface area contributed by atoms with E-state index < -0.39 is 0 Å². The number of hydrogen-bond donors (Lipinski definition) is 0. The molecule has 1 spiro atoms. The van der Waals surface area contributed by atoms with Crippen LogP contribution in [0, 0.1) is 11.3 Å². The molecule has 114 valence electrons. The van der Waals surface area contributed by atoms with E-state index in [1.165, 1.54) is 64.5 Å². The van der Waals surface area contributed by atoms with Crippen LogP contribution in [0.3, 0.4) is 0 Å². The fourth-order valence-corrected chi connectivity index (χ4v) is 5.18. The zero-order chi connectivity index (χ0) is 13.4. The van der Waals surface area contributed by atoms with Gasteiger partial charge < -0.3 is 9.47 Å². The van der Waals surface area contributed by atoms with Crippen LogP contribution in [0.25, 0.3) is 0 Å². The Bertz CT molecular complexity index is 330. The first-order chi connectivity index (χ1) is 9.87. The second-order valence-electron chi connectivity index (χ2n) is 7.53. The summed E-state index contributed by atoms with van der Waals surface area (Å²) in [7, 11) is 0. The standard InChI is InChI=1S/C17H29NO2/c1-2-9-20-15(4-1)12-18-13-17(7-3-8-17)16(18)14-5-10-19-11-6-14/h14-16H,1-13H2. The van der Waals surface area contributed by atoms with E-state index in [-0.39, 0.29) is 0 Å². The molecular formula is C17H29NO2. The monoisotopic (exact) mass is 279 g/mol. The first-order valence-corrected chi connectivity index (χ1v) is 8.81. The van der Waals surface area contributed by atoms with Crippen molar-refractivity contribution in [2.75, 3.05) is 32.9 Å². The lowest BCUT2D eigenvalue weighted by Gasteiger charge is -2.66. The van der Waals surface area contributed by atoms with Gasteiger partial charge in [-0.25, -0.2) is 0 Å². The summed E-state index contributed by atoms with van der Waals surface area (Å²) >= 11 is 0. The normalized spacial score (nSPS) is 38.4. The Kier molecular flexibility index (Phi) is 3.78. The van der Waals surface area contributed by atoms with Crippen LogP contribution in [-0.4, -0.2) is 50.0 Å². The SMILES string of the molecule is C1CCC(CN2CC3(CCC3)C2C2CCOCC2)OC1. The van der Waals surface area contributed by atoms with Crippen LogP contribution < -0.4 is 0 Å². The molecular weight excluding hydrogens is 250 g/mol. The largest absolute Gasteiger partial charge is 0.381 e. The van der Waals surface area contributed by atoms with Crippen molar-refractivity contribution < 1.29 is 9.47 Å². The summed E-state index contributed by atoms with van der Waals surface area (Å²) in [6, 6.07) is 0.852. The molecule has 0 aromatic heterocycles. The number of ether oxygens (including phenoxy) is 2. The maximum absolute atomic E-state index is 5.97. The summed E-state index contributed by atoms with van der Waals surface area (Å²) in [4.78, 5) is 2.78. The van der Waals surface area contributed by atoms with Crippen molar-refractivity contribution >= 4 is 0 Å². The fourth-order valence-electron chi connectivity index (χ4n) is 5.18. The van der Waals surface area contributed by atoms with Gasteiger partial charge in [-0.05, 0) is 56.3 Å². The molecule has 0 amide bonds. The van der Waals surface area contributed by atoms with Crippen LogP contribution in [0.5, 0.6) is 0 Å². The highest BCUT2D eigenvalue weighted by atomic mass is 16.5. The molecule has 2 atom stereocenters. The molecule has 0 bridgehead atoms. The molecule has 3 saturated heterocycles. The van der Waals surface area contributed by atoms with Gasteiger partial charge in [0, 0.05) is 39.0 Å². The summed E-state index contributed by atoms with van der Waals surface area (Å²) in [6.07, 6.45) is 11.4. The first kappa shape index (κ1) is 13.5. The summed E-state index contributed by atoms with van der Waals surface area (Å²) in [5.74, 6) is 0.890. The van der Waals surface area contributed by atoms with Crippen molar-refractivity contribution in [1.29, 1.82) is 0 Å². The molecule has 3 aliphatic heterocycles. The average Bonchev–Trinajstić information content (AvgIpc) is 2.43. The van der Waals surface area contributed by atoms with Crippen LogP contribution >= 0.6 is 0 Å². The number of likely N-dealkylation sites (tertiary alicyclic amines) is 1. The van der Waals surface area contributed by atoms with Crippen molar-refractivity contribution in [3.63, 3.8) is 0 Å². The average molecular weight is 279 g/mol. The van der Waals surface area contributed by atoms with Gasteiger partial charge in [0.1, 0.15) is 0 Å². The molecule has 0 N–H and O–H groups in total. The molecule has 0 radical (unpaired) electrons. The first-order valence-electron chi connectivity index (χ1n) is 8.81. The van der Waals surface area contributed by atoms with Gasteiger partial charge in [-0.15, -0.1) is 0 Å². The van der Waals surface area contributed by atoms with Gasteiger partial charge in [0.05, 0.1) is 6.10 Å². The minimum absolute atomic E-state index is 0.517. The fraction of sp³-hybridized carbons (Fsp3) is 1.00. The Morgan fingerprint density at radius 1 is 0.950 bits per heavy atom. The lowest BCUT2D eigenvalue weighted by molar-refractivity contribution is -0.176. The Hall–Kier alpha value is -0.120. The van der Waals surface area contributed by atoms with Gasteiger partial charge in [-0.3, -0.25) is 4.90 Å². The molecule has 0 aromatic rings. The molecule has 3 nitrogen and oxygen atoms in total. The van der Waals surface area contributed by atoms with Crippen LogP contribution in [0.2, 0.25) is 0 Å². The Morgan fingerprint density at radius 2 is 1.80 bits per heavy atom. The van der Waals surface area contributed by atoms with Gasteiger partial charge in [-0.1, -0.05) is 6.42 Å². The molecule has 2 unspecified atom stereocenters. The van der Waals surface area contributed by atoms with E-state index in [9.17, 15) is 0 Å². The second kappa shape index (κ2) is 5.58. The zero-order valence-electron chi connectivity index (χ0n) is 12.7. The van der Waals surface area contributed by atoms with Crippen molar-refractivity contribution in [2.45, 2.75) is 63.5 Å².